The van der Waals surface area contributed by atoms with Crippen LogP contribution in [0, 0.1) is 0 Å². The Morgan fingerprint density at radius 1 is 1.07 bits per heavy atom. The molecule has 0 fully saturated rings. The second kappa shape index (κ2) is 9.60. The third-order valence-electron chi connectivity index (χ3n) is 4.14. The first-order chi connectivity index (χ1) is 14.5. The van der Waals surface area contributed by atoms with Crippen LogP contribution in [0.2, 0.25) is 0 Å². The fourth-order valence-electron chi connectivity index (χ4n) is 2.68. The van der Waals surface area contributed by atoms with Crippen molar-refractivity contribution in [2.45, 2.75) is 20.0 Å². The number of H-pyrrole nitrogens is 1. The van der Waals surface area contributed by atoms with Crippen LogP contribution >= 0.6 is 0 Å². The van der Waals surface area contributed by atoms with Gasteiger partial charge in [-0.1, -0.05) is 0 Å². The van der Waals surface area contributed by atoms with Crippen LogP contribution in [0.4, 0.5) is 0 Å². The molecule has 2 N–H and O–H groups in total. The smallest absolute Gasteiger partial charge is 0.289 e. The Kier molecular flexibility index (Phi) is 6.69. The molecule has 0 aliphatic rings. The third-order valence-corrected chi connectivity index (χ3v) is 4.14. The topological polar surface area (TPSA) is 97.8 Å². The number of rotatable bonds is 8. The molecule has 8 nitrogen and oxygen atoms in total. The second-order valence-electron chi connectivity index (χ2n) is 6.67. The number of carbonyl (C=O) groups excluding carboxylic acids is 1. The second-order valence-corrected chi connectivity index (χ2v) is 6.67. The number of aromatic amines is 1. The number of carbonyl (C=O) groups is 1. The summed E-state index contributed by atoms with van der Waals surface area (Å²) in [7, 11) is 3.18. The van der Waals surface area contributed by atoms with Crippen molar-refractivity contribution in [3.8, 4) is 28.5 Å². The van der Waals surface area contributed by atoms with E-state index in [1.54, 1.807) is 26.5 Å². The van der Waals surface area contributed by atoms with Gasteiger partial charge in [-0.25, -0.2) is 5.43 Å². The molecule has 30 heavy (non-hydrogen) atoms. The number of hydrogen-bond acceptors (Lipinski definition) is 6. The van der Waals surface area contributed by atoms with Crippen molar-refractivity contribution in [3.63, 3.8) is 0 Å². The van der Waals surface area contributed by atoms with Crippen LogP contribution in [-0.2, 0) is 0 Å². The molecule has 1 heterocycles. The number of hydrazone groups is 1. The van der Waals surface area contributed by atoms with Crippen molar-refractivity contribution >= 4 is 12.1 Å². The highest BCUT2D eigenvalue weighted by Crippen LogP contribution is 2.32. The van der Waals surface area contributed by atoms with E-state index in [2.05, 4.69) is 20.7 Å². The number of nitrogens with one attached hydrogen (secondary N) is 2. The van der Waals surface area contributed by atoms with Gasteiger partial charge in [0.05, 0.1) is 32.2 Å². The van der Waals surface area contributed by atoms with Crippen molar-refractivity contribution in [1.82, 2.24) is 15.6 Å². The minimum absolute atomic E-state index is 0.0314. The van der Waals surface area contributed by atoms with Crippen LogP contribution in [0.3, 0.4) is 0 Å². The lowest BCUT2D eigenvalue weighted by atomic mass is 10.1. The van der Waals surface area contributed by atoms with Crippen LogP contribution in [0.25, 0.3) is 11.3 Å². The van der Waals surface area contributed by atoms with Crippen molar-refractivity contribution in [2.75, 3.05) is 14.2 Å². The first-order valence-electron chi connectivity index (χ1n) is 9.38. The quantitative estimate of drug-likeness (QED) is 0.438. The summed E-state index contributed by atoms with van der Waals surface area (Å²) in [6, 6.07) is 14.5. The Labute approximate surface area is 174 Å². The monoisotopic (exact) mass is 408 g/mol. The molecule has 2 aromatic carbocycles. The van der Waals surface area contributed by atoms with E-state index in [4.69, 9.17) is 14.2 Å². The van der Waals surface area contributed by atoms with E-state index < -0.39 is 5.91 Å². The van der Waals surface area contributed by atoms with Gasteiger partial charge in [0.1, 0.15) is 11.4 Å². The summed E-state index contributed by atoms with van der Waals surface area (Å²) in [6.45, 7) is 3.89. The maximum Gasteiger partial charge on any atom is 0.289 e. The predicted octanol–water partition coefficient (Wildman–Crippen LogP) is 3.65. The van der Waals surface area contributed by atoms with Gasteiger partial charge in [0, 0.05) is 5.56 Å². The Morgan fingerprint density at radius 3 is 2.50 bits per heavy atom. The molecular formula is C22H24N4O4. The fourth-order valence-corrected chi connectivity index (χ4v) is 2.68. The van der Waals surface area contributed by atoms with E-state index in [0.29, 0.717) is 22.9 Å². The maximum atomic E-state index is 12.3. The van der Waals surface area contributed by atoms with Gasteiger partial charge in [-0.3, -0.25) is 9.89 Å². The van der Waals surface area contributed by atoms with E-state index in [9.17, 15) is 4.79 Å². The number of amides is 1. The van der Waals surface area contributed by atoms with Gasteiger partial charge in [-0.05, 0) is 67.9 Å². The minimum Gasteiger partial charge on any atom is -0.497 e. The highest BCUT2D eigenvalue weighted by molar-refractivity contribution is 5.94. The summed E-state index contributed by atoms with van der Waals surface area (Å²) in [4.78, 5) is 12.3. The number of methoxy groups -OCH3 is 2. The lowest BCUT2D eigenvalue weighted by Crippen LogP contribution is -2.17. The van der Waals surface area contributed by atoms with E-state index in [0.717, 1.165) is 16.9 Å². The maximum absolute atomic E-state index is 12.3. The molecule has 1 aromatic heterocycles. The van der Waals surface area contributed by atoms with Gasteiger partial charge in [-0.2, -0.15) is 10.2 Å². The number of ether oxygens (including phenoxy) is 3. The zero-order chi connectivity index (χ0) is 21.5. The van der Waals surface area contributed by atoms with E-state index in [1.165, 1.54) is 0 Å². The van der Waals surface area contributed by atoms with Crippen LogP contribution in [0.1, 0.15) is 29.9 Å². The molecule has 8 heteroatoms. The molecule has 0 radical (unpaired) electrons. The van der Waals surface area contributed by atoms with Gasteiger partial charge in [0.15, 0.2) is 11.5 Å². The number of benzene rings is 2. The summed E-state index contributed by atoms with van der Waals surface area (Å²) in [5.74, 6) is 1.60. The molecule has 0 atom stereocenters. The van der Waals surface area contributed by atoms with Gasteiger partial charge in [0.2, 0.25) is 0 Å². The molecule has 1 amide bonds. The summed E-state index contributed by atoms with van der Waals surface area (Å²) in [5, 5.41) is 10.9. The minimum atomic E-state index is -0.398. The molecule has 0 saturated carbocycles. The third kappa shape index (κ3) is 5.16. The predicted molar refractivity (Wildman–Crippen MR) is 114 cm³/mol. The fraction of sp³-hybridized carbons (Fsp3) is 0.227. The van der Waals surface area contributed by atoms with Gasteiger partial charge in [-0.15, -0.1) is 0 Å². The molecule has 0 saturated heterocycles. The molecule has 3 rings (SSSR count). The SMILES string of the molecule is COc1ccc(/C=N/NC(=O)c2cc(-c3ccc(OC(C)C)c(OC)c3)n[nH]2)cc1. The highest BCUT2D eigenvalue weighted by atomic mass is 16.5. The first-order valence-corrected chi connectivity index (χ1v) is 9.38. The standard InChI is InChI=1S/C22H24N4O4/c1-14(2)30-20-10-7-16(11-21(20)29-4)18-12-19(25-24-18)22(27)26-23-13-15-5-8-17(28-3)9-6-15/h5-14H,1-4H3,(H,24,25)(H,26,27)/b23-13+. The molecule has 0 aliphatic carbocycles. The van der Waals surface area contributed by atoms with Crippen LogP contribution in [-0.4, -0.2) is 42.6 Å². The van der Waals surface area contributed by atoms with Crippen molar-refractivity contribution in [2.24, 2.45) is 5.10 Å². The van der Waals surface area contributed by atoms with Gasteiger partial charge in [0.25, 0.3) is 5.91 Å². The zero-order valence-electron chi connectivity index (χ0n) is 17.3. The average Bonchev–Trinajstić information content (AvgIpc) is 3.24. The molecule has 156 valence electrons. The van der Waals surface area contributed by atoms with Gasteiger partial charge >= 0.3 is 0 Å². The van der Waals surface area contributed by atoms with Crippen LogP contribution in [0.5, 0.6) is 17.2 Å². The van der Waals surface area contributed by atoms with E-state index in [1.807, 2.05) is 56.3 Å². The molecule has 0 aliphatic heterocycles. The Balaban J connectivity index is 1.67. The normalized spacial score (nSPS) is 11.0. The average molecular weight is 408 g/mol. The molecule has 3 aromatic rings. The van der Waals surface area contributed by atoms with Crippen LogP contribution in [0.15, 0.2) is 53.6 Å². The first kappa shape index (κ1) is 20.9. The van der Waals surface area contributed by atoms with Crippen molar-refractivity contribution < 1.29 is 19.0 Å². The summed E-state index contributed by atoms with van der Waals surface area (Å²) < 4.78 is 16.2. The Morgan fingerprint density at radius 2 is 1.83 bits per heavy atom. The Bertz CT molecular complexity index is 1030. The molecule has 0 unspecified atom stereocenters. The van der Waals surface area contributed by atoms with E-state index in [-0.39, 0.29) is 6.10 Å². The summed E-state index contributed by atoms with van der Waals surface area (Å²) in [6.07, 6.45) is 1.58. The number of hydrogen-bond donors (Lipinski definition) is 2. The summed E-state index contributed by atoms with van der Waals surface area (Å²) >= 11 is 0. The van der Waals surface area contributed by atoms with Crippen LogP contribution < -0.4 is 19.6 Å². The van der Waals surface area contributed by atoms with Gasteiger partial charge < -0.3 is 14.2 Å². The lowest BCUT2D eigenvalue weighted by Gasteiger charge is -2.14. The zero-order valence-corrected chi connectivity index (χ0v) is 17.3. The lowest BCUT2D eigenvalue weighted by molar-refractivity contribution is 0.0950. The van der Waals surface area contributed by atoms with Crippen molar-refractivity contribution in [1.29, 1.82) is 0 Å². The van der Waals surface area contributed by atoms with E-state index >= 15 is 0 Å². The summed E-state index contributed by atoms with van der Waals surface area (Å²) in [5.41, 5.74) is 5.00. The largest absolute Gasteiger partial charge is 0.497 e. The highest BCUT2D eigenvalue weighted by Gasteiger charge is 2.13. The molecular weight excluding hydrogens is 384 g/mol. The van der Waals surface area contributed by atoms with Crippen molar-refractivity contribution in [3.05, 3.63) is 59.8 Å². The Hall–Kier alpha value is -3.81. The number of nitrogens with zero attached hydrogens (tertiary/aromatic N) is 2. The molecule has 0 spiro atoms. The number of aromatic nitrogens is 2. The molecule has 0 bridgehead atoms.